The molecule has 2 fully saturated rings. The average molecular weight is 423 g/mol. The van der Waals surface area contributed by atoms with Gasteiger partial charge in [0.1, 0.15) is 0 Å². The van der Waals surface area contributed by atoms with Crippen LogP contribution >= 0.6 is 11.6 Å². The second kappa shape index (κ2) is 10.5. The van der Waals surface area contributed by atoms with Gasteiger partial charge >= 0.3 is 0 Å². The average Bonchev–Trinajstić information content (AvgIpc) is 2.69. The van der Waals surface area contributed by atoms with E-state index >= 15 is 0 Å². The first-order chi connectivity index (χ1) is 13.8. The number of hydrogen-bond acceptors (Lipinski definition) is 4. The van der Waals surface area contributed by atoms with E-state index < -0.39 is 6.10 Å². The molecule has 3 rings (SSSR count). The van der Waals surface area contributed by atoms with E-state index in [0.29, 0.717) is 31.1 Å². The summed E-state index contributed by atoms with van der Waals surface area (Å²) in [6.45, 7) is 14.0. The number of aliphatic hydroxyl groups is 1. The molecular weight excluding hydrogens is 384 g/mol. The van der Waals surface area contributed by atoms with Crippen LogP contribution in [0.5, 0.6) is 0 Å². The third-order valence-electron chi connectivity index (χ3n) is 6.82. The number of aryl methyl sites for hydroxylation is 1. The molecule has 164 valence electrons. The molecule has 0 spiro atoms. The van der Waals surface area contributed by atoms with Crippen molar-refractivity contribution in [1.29, 1.82) is 0 Å². The first-order valence-corrected chi connectivity index (χ1v) is 11.7. The highest BCUT2D eigenvalue weighted by Gasteiger charge is 2.32. The van der Waals surface area contributed by atoms with E-state index in [1.165, 1.54) is 24.1 Å². The minimum Gasteiger partial charge on any atom is -0.389 e. The molecule has 1 saturated carbocycles. The van der Waals surface area contributed by atoms with Crippen molar-refractivity contribution in [3.05, 3.63) is 28.8 Å². The lowest BCUT2D eigenvalue weighted by molar-refractivity contribution is -0.0740. The molecule has 0 amide bonds. The van der Waals surface area contributed by atoms with Gasteiger partial charge < -0.3 is 14.7 Å². The molecule has 1 heterocycles. The molecule has 0 radical (unpaired) electrons. The molecule has 1 aromatic rings. The van der Waals surface area contributed by atoms with Crippen LogP contribution in [0.2, 0.25) is 5.02 Å². The molecule has 5 heteroatoms. The van der Waals surface area contributed by atoms with Crippen molar-refractivity contribution in [2.75, 3.05) is 44.2 Å². The van der Waals surface area contributed by atoms with Gasteiger partial charge in [-0.05, 0) is 55.2 Å². The molecule has 2 aliphatic rings. The summed E-state index contributed by atoms with van der Waals surface area (Å²) >= 11 is 6.19. The Balaban J connectivity index is 1.43. The molecular formula is C24H39ClN2O2. The van der Waals surface area contributed by atoms with Gasteiger partial charge in [0.05, 0.1) is 18.8 Å². The van der Waals surface area contributed by atoms with Crippen LogP contribution < -0.4 is 4.90 Å². The zero-order chi connectivity index (χ0) is 21.0. The van der Waals surface area contributed by atoms with E-state index in [1.54, 1.807) is 0 Å². The second-order valence-electron chi connectivity index (χ2n) is 9.57. The lowest BCUT2D eigenvalue weighted by Crippen LogP contribution is -2.49. The molecule has 0 aromatic heterocycles. The molecule has 1 N–H and O–H groups in total. The molecule has 1 aromatic carbocycles. The first-order valence-electron chi connectivity index (χ1n) is 11.4. The smallest absolute Gasteiger partial charge is 0.0900 e. The maximum absolute atomic E-state index is 10.6. The molecule has 4 nitrogen and oxygen atoms in total. The second-order valence-corrected chi connectivity index (χ2v) is 10.0. The van der Waals surface area contributed by atoms with Crippen LogP contribution in [0.25, 0.3) is 0 Å². The van der Waals surface area contributed by atoms with E-state index in [2.05, 4.69) is 49.6 Å². The number of ether oxygens (including phenoxy) is 1. The number of hydrogen-bond donors (Lipinski definition) is 1. The molecule has 1 aliphatic heterocycles. The van der Waals surface area contributed by atoms with Crippen LogP contribution in [-0.4, -0.2) is 61.5 Å². The highest BCUT2D eigenvalue weighted by atomic mass is 35.5. The van der Waals surface area contributed by atoms with E-state index in [0.717, 1.165) is 43.5 Å². The highest BCUT2D eigenvalue weighted by molar-refractivity contribution is 6.30. The van der Waals surface area contributed by atoms with Gasteiger partial charge in [0.2, 0.25) is 0 Å². The molecule has 4 atom stereocenters. The van der Waals surface area contributed by atoms with Crippen molar-refractivity contribution in [2.45, 2.75) is 59.2 Å². The Morgan fingerprint density at radius 3 is 2.59 bits per heavy atom. The molecule has 0 bridgehead atoms. The van der Waals surface area contributed by atoms with Crippen molar-refractivity contribution >= 4 is 17.3 Å². The highest BCUT2D eigenvalue weighted by Crippen LogP contribution is 2.35. The van der Waals surface area contributed by atoms with Crippen LogP contribution in [-0.2, 0) is 4.74 Å². The topological polar surface area (TPSA) is 35.9 Å². The van der Waals surface area contributed by atoms with Crippen LogP contribution in [0.1, 0.15) is 45.6 Å². The Hall–Kier alpha value is -0.810. The number of piperazine rings is 1. The van der Waals surface area contributed by atoms with Crippen LogP contribution in [0.15, 0.2) is 18.2 Å². The fourth-order valence-corrected chi connectivity index (χ4v) is 5.15. The van der Waals surface area contributed by atoms with E-state index in [4.69, 9.17) is 16.3 Å². The maximum Gasteiger partial charge on any atom is 0.0900 e. The number of benzene rings is 1. The standard InChI is InChI=1S/C24H39ClN2O2/c1-17(2)22-8-5-18(3)13-24(22)29-16-21(28)15-26-9-11-27(12-10-26)23-14-20(25)7-6-19(23)4/h6-7,14,17-18,21-22,24,28H,5,8-13,15-16H2,1-4H3/t18-,21+,22-,24-/m1/s1. The number of aliphatic hydroxyl groups excluding tert-OH is 1. The third-order valence-corrected chi connectivity index (χ3v) is 7.05. The number of nitrogens with zero attached hydrogens (tertiary/aromatic N) is 2. The normalized spacial score (nSPS) is 27.4. The van der Waals surface area contributed by atoms with Crippen LogP contribution in [0.4, 0.5) is 5.69 Å². The van der Waals surface area contributed by atoms with E-state index in [9.17, 15) is 5.11 Å². The SMILES string of the molecule is Cc1ccc(Cl)cc1N1CCN(C[C@H](O)CO[C@@H]2C[C@H](C)CC[C@@H]2C(C)C)CC1. The lowest BCUT2D eigenvalue weighted by Gasteiger charge is -2.39. The summed E-state index contributed by atoms with van der Waals surface area (Å²) in [5.41, 5.74) is 2.49. The van der Waals surface area contributed by atoms with Gasteiger partial charge in [-0.15, -0.1) is 0 Å². The Morgan fingerprint density at radius 1 is 1.17 bits per heavy atom. The van der Waals surface area contributed by atoms with Crippen molar-refractivity contribution in [3.8, 4) is 0 Å². The van der Waals surface area contributed by atoms with Gasteiger partial charge in [-0.3, -0.25) is 4.90 Å². The minimum atomic E-state index is -0.417. The fraction of sp³-hybridized carbons (Fsp3) is 0.750. The largest absolute Gasteiger partial charge is 0.389 e. The first kappa shape index (κ1) is 22.9. The van der Waals surface area contributed by atoms with Gasteiger partial charge in [0.15, 0.2) is 0 Å². The van der Waals surface area contributed by atoms with E-state index in [-0.39, 0.29) is 0 Å². The lowest BCUT2D eigenvalue weighted by atomic mass is 9.75. The predicted molar refractivity (Wildman–Crippen MR) is 122 cm³/mol. The zero-order valence-electron chi connectivity index (χ0n) is 18.6. The fourth-order valence-electron chi connectivity index (χ4n) is 4.99. The Kier molecular flexibility index (Phi) is 8.26. The summed E-state index contributed by atoms with van der Waals surface area (Å²) in [6, 6.07) is 6.09. The van der Waals surface area contributed by atoms with Crippen LogP contribution in [0.3, 0.4) is 0 Å². The van der Waals surface area contributed by atoms with Gasteiger partial charge in [-0.1, -0.05) is 44.9 Å². The van der Waals surface area contributed by atoms with Gasteiger partial charge in [0, 0.05) is 43.4 Å². The number of rotatable bonds is 7. The zero-order valence-corrected chi connectivity index (χ0v) is 19.4. The predicted octanol–water partition coefficient (Wildman–Crippen LogP) is 4.61. The number of anilines is 1. The Bertz CT molecular complexity index is 646. The molecule has 1 saturated heterocycles. The Morgan fingerprint density at radius 2 is 1.90 bits per heavy atom. The molecule has 29 heavy (non-hydrogen) atoms. The summed E-state index contributed by atoms with van der Waals surface area (Å²) in [4.78, 5) is 4.76. The summed E-state index contributed by atoms with van der Waals surface area (Å²) in [5.74, 6) is 2.01. The van der Waals surface area contributed by atoms with Crippen molar-refractivity contribution in [3.63, 3.8) is 0 Å². The summed E-state index contributed by atoms with van der Waals surface area (Å²) < 4.78 is 6.25. The quantitative estimate of drug-likeness (QED) is 0.696. The minimum absolute atomic E-state index is 0.302. The third kappa shape index (κ3) is 6.33. The van der Waals surface area contributed by atoms with E-state index in [1.807, 2.05) is 6.07 Å². The molecule has 0 unspecified atom stereocenters. The van der Waals surface area contributed by atoms with Crippen molar-refractivity contribution in [1.82, 2.24) is 4.90 Å². The summed E-state index contributed by atoms with van der Waals surface area (Å²) in [7, 11) is 0. The van der Waals surface area contributed by atoms with Gasteiger partial charge in [-0.25, -0.2) is 0 Å². The van der Waals surface area contributed by atoms with Crippen LogP contribution in [0, 0.1) is 24.7 Å². The summed E-state index contributed by atoms with van der Waals surface area (Å²) in [5, 5.41) is 11.4. The number of halogens is 1. The molecule has 1 aliphatic carbocycles. The van der Waals surface area contributed by atoms with Crippen molar-refractivity contribution in [2.24, 2.45) is 17.8 Å². The summed E-state index contributed by atoms with van der Waals surface area (Å²) in [6.07, 6.45) is 3.58. The number of β-amino-alcohol motifs (C(OH)–C–C–N with tert-alkyl or cyclic N) is 1. The Labute approximate surface area is 182 Å². The van der Waals surface area contributed by atoms with Gasteiger partial charge in [-0.2, -0.15) is 0 Å². The monoisotopic (exact) mass is 422 g/mol. The maximum atomic E-state index is 10.6. The van der Waals surface area contributed by atoms with Crippen molar-refractivity contribution < 1.29 is 9.84 Å². The van der Waals surface area contributed by atoms with Gasteiger partial charge in [0.25, 0.3) is 0 Å².